The van der Waals surface area contributed by atoms with Crippen LogP contribution < -0.4 is 50.6 Å². The molecule has 1 heterocycles. The number of carboxylic acid groups (broad SMARTS) is 1. The molecule has 182 valence electrons. The largest absolute Gasteiger partial charge is 1.00 e. The van der Waals surface area contributed by atoms with Gasteiger partial charge in [-0.1, -0.05) is 18.2 Å². The summed E-state index contributed by atoms with van der Waals surface area (Å²) in [7, 11) is 0. The molecule has 1 aromatic heterocycles. The number of pyridine rings is 1. The predicted octanol–water partition coefficient (Wildman–Crippen LogP) is -1.69. The van der Waals surface area contributed by atoms with Gasteiger partial charge in [0.1, 0.15) is 5.82 Å². The van der Waals surface area contributed by atoms with Crippen molar-refractivity contribution < 1.29 is 54.0 Å². The number of benzene rings is 1. The van der Waals surface area contributed by atoms with Gasteiger partial charge in [-0.15, -0.1) is 0 Å². The van der Waals surface area contributed by atoms with Gasteiger partial charge in [0.25, 0.3) is 5.69 Å². The number of unbranched alkanes of at least 4 members (excludes halogenated alkanes) is 1. The van der Waals surface area contributed by atoms with Crippen LogP contribution in [0.4, 0.5) is 11.5 Å². The molecule has 0 fully saturated rings. The number of amides is 2. The van der Waals surface area contributed by atoms with Crippen molar-refractivity contribution in [2.45, 2.75) is 45.6 Å². The molecule has 12 heteroatoms. The minimum absolute atomic E-state index is 0. The first kappa shape index (κ1) is 30.0. The van der Waals surface area contributed by atoms with Crippen LogP contribution >= 0.6 is 0 Å². The van der Waals surface area contributed by atoms with Gasteiger partial charge < -0.3 is 25.9 Å². The number of anilines is 1. The van der Waals surface area contributed by atoms with Crippen LogP contribution in [-0.4, -0.2) is 40.8 Å². The number of carbonyl (C=O) groups excluding carboxylic acids is 3. The van der Waals surface area contributed by atoms with Gasteiger partial charge in [0.2, 0.25) is 11.8 Å². The van der Waals surface area contributed by atoms with Crippen molar-refractivity contribution >= 4 is 29.3 Å². The van der Waals surface area contributed by atoms with Crippen LogP contribution in [0.5, 0.6) is 0 Å². The van der Waals surface area contributed by atoms with Crippen molar-refractivity contribution in [3.8, 4) is 0 Å². The van der Waals surface area contributed by atoms with E-state index in [1.54, 1.807) is 6.92 Å². The average Bonchev–Trinajstić information content (AvgIpc) is 2.77. The fraction of sp³-hybridized carbons (Fsp3) is 0.391. The van der Waals surface area contributed by atoms with Crippen LogP contribution in [0.3, 0.4) is 0 Å². The summed E-state index contributed by atoms with van der Waals surface area (Å²) in [6, 6.07) is 8.85. The third kappa shape index (κ3) is 10.8. The van der Waals surface area contributed by atoms with E-state index in [9.17, 15) is 29.6 Å². The number of aliphatic carboxylic acids is 1. The fourth-order valence-corrected chi connectivity index (χ4v) is 3.24. The third-order valence-corrected chi connectivity index (χ3v) is 5.01. The van der Waals surface area contributed by atoms with Crippen molar-refractivity contribution in [3.05, 3.63) is 63.3 Å². The smallest absolute Gasteiger partial charge is 0.550 e. The Kier molecular flexibility index (Phi) is 12.9. The molecule has 1 atom stereocenters. The van der Waals surface area contributed by atoms with E-state index in [0.717, 1.165) is 17.9 Å². The third-order valence-electron chi connectivity index (χ3n) is 5.01. The molecule has 35 heavy (non-hydrogen) atoms. The Labute approximate surface area is 225 Å². The van der Waals surface area contributed by atoms with Crippen LogP contribution in [0.25, 0.3) is 0 Å². The van der Waals surface area contributed by atoms with Crippen LogP contribution in [0.15, 0.2) is 36.4 Å². The van der Waals surface area contributed by atoms with Gasteiger partial charge >= 0.3 is 29.6 Å². The molecule has 11 nitrogen and oxygen atoms in total. The van der Waals surface area contributed by atoms with E-state index in [1.165, 1.54) is 18.2 Å². The number of nitro groups is 1. The molecule has 1 aromatic carbocycles. The van der Waals surface area contributed by atoms with E-state index in [0.29, 0.717) is 18.5 Å². The fourth-order valence-electron chi connectivity index (χ4n) is 3.24. The van der Waals surface area contributed by atoms with E-state index in [2.05, 4.69) is 20.9 Å². The minimum Gasteiger partial charge on any atom is -0.550 e. The molecular weight excluding hydrogens is 465 g/mol. The quantitative estimate of drug-likeness (QED) is 0.129. The first-order valence-corrected chi connectivity index (χ1v) is 10.8. The summed E-state index contributed by atoms with van der Waals surface area (Å²) in [6.07, 6.45) is 0.993. The second-order valence-corrected chi connectivity index (χ2v) is 7.82. The molecule has 2 amide bonds. The van der Waals surface area contributed by atoms with Crippen LogP contribution in [-0.2, 0) is 14.4 Å². The first-order chi connectivity index (χ1) is 16.2. The number of carboxylic acids is 1. The monoisotopic (exact) mass is 493 g/mol. The van der Waals surface area contributed by atoms with E-state index in [-0.39, 0.29) is 59.7 Å². The Hall–Kier alpha value is -3.02. The number of rotatable bonds is 13. The molecule has 1 unspecified atom stereocenters. The molecule has 0 saturated heterocycles. The minimum atomic E-state index is -1.42. The Bertz CT molecular complexity index is 1050. The van der Waals surface area contributed by atoms with Gasteiger partial charge in [0.15, 0.2) is 0 Å². The number of aryl methyl sites for hydroxylation is 2. The molecule has 0 spiro atoms. The van der Waals surface area contributed by atoms with E-state index in [4.69, 9.17) is 0 Å². The standard InChI is InChI=1S/C23H29N5O6.Na/c1-15-9-10-17(12-19(15)28(33)34)18(13-23(31)32)27-22(30)14-25-21(29)8-3-4-11-24-20-7-5-6-16(2)26-20;/h5-7,9-10,12,18H,3-4,8,11,13-14H2,1-2H3,(H,24,26)(H,25,29)(H,27,30)(H,31,32);/q;+1/p-1. The molecule has 0 aliphatic carbocycles. The van der Waals surface area contributed by atoms with Crippen molar-refractivity contribution in [2.24, 2.45) is 0 Å². The van der Waals surface area contributed by atoms with E-state index >= 15 is 0 Å². The van der Waals surface area contributed by atoms with Crippen LogP contribution in [0.2, 0.25) is 0 Å². The van der Waals surface area contributed by atoms with Gasteiger partial charge in [-0.3, -0.25) is 19.7 Å². The zero-order valence-corrected chi connectivity index (χ0v) is 22.1. The summed E-state index contributed by atoms with van der Waals surface area (Å²) >= 11 is 0. The summed E-state index contributed by atoms with van der Waals surface area (Å²) in [5.41, 5.74) is 1.39. The van der Waals surface area contributed by atoms with E-state index < -0.39 is 29.3 Å². The number of hydrogen-bond acceptors (Lipinski definition) is 8. The number of hydrogen-bond donors (Lipinski definition) is 3. The van der Waals surface area contributed by atoms with Crippen molar-refractivity contribution in [1.29, 1.82) is 0 Å². The average molecular weight is 493 g/mol. The summed E-state index contributed by atoms with van der Waals surface area (Å²) in [6.45, 7) is 3.76. The zero-order chi connectivity index (χ0) is 25.1. The normalized spacial score (nSPS) is 11.0. The molecule has 2 aromatic rings. The molecule has 0 radical (unpaired) electrons. The molecule has 2 rings (SSSR count). The van der Waals surface area contributed by atoms with Crippen LogP contribution in [0, 0.1) is 24.0 Å². The van der Waals surface area contributed by atoms with Gasteiger partial charge in [-0.05, 0) is 44.4 Å². The molecule has 0 aliphatic heterocycles. The molecular formula is C23H28N5NaO6. The number of nitro benzene ring substituents is 1. The number of nitrogens with zero attached hydrogens (tertiary/aromatic N) is 2. The Morgan fingerprint density at radius 2 is 1.83 bits per heavy atom. The van der Waals surface area contributed by atoms with Gasteiger partial charge in [-0.2, -0.15) is 0 Å². The maximum Gasteiger partial charge on any atom is 1.00 e. The second kappa shape index (κ2) is 15.1. The van der Waals surface area contributed by atoms with Crippen molar-refractivity contribution in [1.82, 2.24) is 15.6 Å². The molecule has 0 aliphatic rings. The number of nitrogens with one attached hydrogen (secondary N) is 3. The molecule has 3 N–H and O–H groups in total. The van der Waals surface area contributed by atoms with Crippen molar-refractivity contribution in [2.75, 3.05) is 18.4 Å². The molecule has 0 saturated carbocycles. The first-order valence-electron chi connectivity index (χ1n) is 10.8. The maximum absolute atomic E-state index is 12.3. The molecule has 0 bridgehead atoms. The zero-order valence-electron chi connectivity index (χ0n) is 20.1. The summed E-state index contributed by atoms with van der Waals surface area (Å²) in [5, 5.41) is 30.4. The summed E-state index contributed by atoms with van der Waals surface area (Å²) in [5.74, 6) is -1.58. The Balaban J connectivity index is 0.00000612. The second-order valence-electron chi connectivity index (χ2n) is 7.82. The van der Waals surface area contributed by atoms with Crippen LogP contribution in [0.1, 0.15) is 48.5 Å². The Morgan fingerprint density at radius 1 is 1.09 bits per heavy atom. The SMILES string of the molecule is Cc1cccc(NCCCCC(=O)NCC(=O)NC(CC(=O)[O-])c2ccc(C)c([N+](=O)[O-])c2)n1.[Na+]. The van der Waals surface area contributed by atoms with Gasteiger partial charge in [-0.25, -0.2) is 4.98 Å². The van der Waals surface area contributed by atoms with Crippen molar-refractivity contribution in [3.63, 3.8) is 0 Å². The van der Waals surface area contributed by atoms with Gasteiger partial charge in [0.05, 0.1) is 17.5 Å². The maximum atomic E-state index is 12.3. The topological polar surface area (TPSA) is 166 Å². The summed E-state index contributed by atoms with van der Waals surface area (Å²) < 4.78 is 0. The summed E-state index contributed by atoms with van der Waals surface area (Å²) in [4.78, 5) is 50.3. The predicted molar refractivity (Wildman–Crippen MR) is 123 cm³/mol. The van der Waals surface area contributed by atoms with E-state index in [1.807, 2.05) is 25.1 Å². The Morgan fingerprint density at radius 3 is 2.49 bits per heavy atom. The number of aromatic nitrogens is 1. The number of carbonyl (C=O) groups is 3. The van der Waals surface area contributed by atoms with Gasteiger partial charge in [0, 0.05) is 42.7 Å².